The number of hydrogen-bond donors (Lipinski definition) is 0. The highest BCUT2D eigenvalue weighted by Gasteiger charge is 2.15. The van der Waals surface area contributed by atoms with Crippen molar-refractivity contribution in [1.82, 2.24) is 4.98 Å². The lowest BCUT2D eigenvalue weighted by molar-refractivity contribution is 0.112. The van der Waals surface area contributed by atoms with E-state index in [9.17, 15) is 18.0 Å². The van der Waals surface area contributed by atoms with Crippen LogP contribution in [0.3, 0.4) is 0 Å². The van der Waals surface area contributed by atoms with Crippen LogP contribution in [0.1, 0.15) is 22.5 Å². The Kier molecular flexibility index (Phi) is 3.23. The Morgan fingerprint density at radius 1 is 1.54 bits per heavy atom. The van der Waals surface area contributed by atoms with Crippen molar-refractivity contribution in [2.75, 3.05) is 0 Å². The quantitative estimate of drug-likeness (QED) is 0.477. The maximum atomic E-state index is 12.8. The van der Waals surface area contributed by atoms with E-state index in [4.69, 9.17) is 0 Å². The Morgan fingerprint density at radius 2 is 2.15 bits per heavy atom. The number of hydrogen-bond acceptors (Lipinski definition) is 2. The number of halogens is 4. The number of carbonyl (C=O) groups is 1. The molecule has 0 bridgehead atoms. The average Bonchev–Trinajstić information content (AvgIpc) is 2.09. The van der Waals surface area contributed by atoms with Crippen LogP contribution in [0.4, 0.5) is 13.2 Å². The first-order valence-corrected chi connectivity index (χ1v) is 4.23. The minimum Gasteiger partial charge on any atom is -0.298 e. The summed E-state index contributed by atoms with van der Waals surface area (Å²) in [5.74, 6) is -1.04. The van der Waals surface area contributed by atoms with E-state index in [1.807, 2.05) is 0 Å². The van der Waals surface area contributed by atoms with Gasteiger partial charge in [0.05, 0.1) is 3.57 Å². The van der Waals surface area contributed by atoms with Gasteiger partial charge in [0.25, 0.3) is 6.43 Å². The summed E-state index contributed by atoms with van der Waals surface area (Å²) in [7, 11) is 0. The smallest absolute Gasteiger partial charge is 0.280 e. The molecule has 70 valence electrons. The Labute approximate surface area is 85.3 Å². The van der Waals surface area contributed by atoms with Crippen molar-refractivity contribution in [3.8, 4) is 0 Å². The number of nitrogens with zero attached hydrogens (tertiary/aromatic N) is 1. The van der Waals surface area contributed by atoms with Crippen LogP contribution in [0, 0.1) is 9.52 Å². The van der Waals surface area contributed by atoms with Gasteiger partial charge in [-0.2, -0.15) is 4.39 Å². The standard InChI is InChI=1S/C7H3F3INO/c8-6(9)4-1-3(2-13)5(11)7(10)12-4/h1-2,6H. The molecule has 0 saturated heterocycles. The fourth-order valence-corrected chi connectivity index (χ4v) is 1.14. The van der Waals surface area contributed by atoms with E-state index < -0.39 is 18.1 Å². The highest BCUT2D eigenvalue weighted by Crippen LogP contribution is 2.21. The zero-order valence-corrected chi connectivity index (χ0v) is 8.26. The number of pyridine rings is 1. The number of aromatic nitrogens is 1. The Bertz CT molecular complexity index is 343. The fourth-order valence-electron chi connectivity index (χ4n) is 0.734. The summed E-state index contributed by atoms with van der Waals surface area (Å²) in [6, 6.07) is 0.878. The summed E-state index contributed by atoms with van der Waals surface area (Å²) in [5, 5.41) is 0. The van der Waals surface area contributed by atoms with Gasteiger partial charge in [-0.25, -0.2) is 13.8 Å². The van der Waals surface area contributed by atoms with Gasteiger partial charge in [-0.15, -0.1) is 0 Å². The summed E-state index contributed by atoms with van der Waals surface area (Å²) in [6.07, 6.45) is -2.55. The molecule has 0 aliphatic heterocycles. The lowest BCUT2D eigenvalue weighted by Crippen LogP contribution is -2.00. The third-order valence-electron chi connectivity index (χ3n) is 1.32. The van der Waals surface area contributed by atoms with Gasteiger partial charge in [0.1, 0.15) is 5.69 Å². The molecule has 0 radical (unpaired) electrons. The molecule has 0 aliphatic carbocycles. The number of alkyl halides is 2. The molecule has 13 heavy (non-hydrogen) atoms. The average molecular weight is 301 g/mol. The predicted molar refractivity (Wildman–Crippen MR) is 47.3 cm³/mol. The van der Waals surface area contributed by atoms with Crippen molar-refractivity contribution in [1.29, 1.82) is 0 Å². The van der Waals surface area contributed by atoms with Crippen molar-refractivity contribution in [3.05, 3.63) is 26.8 Å². The van der Waals surface area contributed by atoms with Crippen molar-refractivity contribution < 1.29 is 18.0 Å². The van der Waals surface area contributed by atoms with E-state index in [-0.39, 0.29) is 9.13 Å². The summed E-state index contributed by atoms with van der Waals surface area (Å²) in [6.45, 7) is 0. The minimum absolute atomic E-state index is 0.0444. The molecule has 0 aliphatic rings. The van der Waals surface area contributed by atoms with Gasteiger partial charge in [-0.05, 0) is 28.7 Å². The molecule has 0 spiro atoms. The van der Waals surface area contributed by atoms with Gasteiger partial charge in [0, 0.05) is 5.56 Å². The van der Waals surface area contributed by atoms with E-state index in [1.165, 1.54) is 22.6 Å². The molecule has 0 amide bonds. The second-order valence-electron chi connectivity index (χ2n) is 2.16. The Hall–Kier alpha value is -0.660. The highest BCUT2D eigenvalue weighted by molar-refractivity contribution is 14.1. The highest BCUT2D eigenvalue weighted by atomic mass is 127. The van der Waals surface area contributed by atoms with Gasteiger partial charge in [-0.3, -0.25) is 4.79 Å². The van der Waals surface area contributed by atoms with Crippen LogP contribution in [-0.2, 0) is 0 Å². The van der Waals surface area contributed by atoms with E-state index in [2.05, 4.69) is 4.98 Å². The third-order valence-corrected chi connectivity index (χ3v) is 2.38. The van der Waals surface area contributed by atoms with Crippen LogP contribution in [0.5, 0.6) is 0 Å². The van der Waals surface area contributed by atoms with Crippen molar-refractivity contribution in [2.45, 2.75) is 6.43 Å². The molecule has 0 atom stereocenters. The van der Waals surface area contributed by atoms with Crippen LogP contribution in [0.15, 0.2) is 6.07 Å². The molecular formula is C7H3F3INO. The first kappa shape index (κ1) is 10.4. The minimum atomic E-state index is -2.87. The fraction of sp³-hybridized carbons (Fsp3) is 0.143. The Morgan fingerprint density at radius 3 is 2.62 bits per heavy atom. The van der Waals surface area contributed by atoms with Gasteiger partial charge in [0.15, 0.2) is 6.29 Å². The normalized spacial score (nSPS) is 10.5. The molecule has 1 aromatic rings. The van der Waals surface area contributed by atoms with Gasteiger partial charge >= 0.3 is 0 Å². The molecule has 1 heterocycles. The number of rotatable bonds is 2. The molecule has 1 rings (SSSR count). The van der Waals surface area contributed by atoms with E-state index in [1.54, 1.807) is 0 Å². The molecule has 6 heteroatoms. The summed E-state index contributed by atoms with van der Waals surface area (Å²) in [5.41, 5.74) is -0.830. The van der Waals surface area contributed by atoms with E-state index in [0.717, 1.165) is 6.07 Å². The lowest BCUT2D eigenvalue weighted by Gasteiger charge is -2.02. The largest absolute Gasteiger partial charge is 0.298 e. The lowest BCUT2D eigenvalue weighted by atomic mass is 10.2. The second kappa shape index (κ2) is 4.03. The Balaban J connectivity index is 3.30. The maximum Gasteiger partial charge on any atom is 0.280 e. The molecule has 2 nitrogen and oxygen atoms in total. The second-order valence-corrected chi connectivity index (χ2v) is 3.24. The number of carbonyl (C=O) groups excluding carboxylic acids is 1. The molecule has 0 aromatic carbocycles. The van der Waals surface area contributed by atoms with Crippen LogP contribution in [-0.4, -0.2) is 11.3 Å². The summed E-state index contributed by atoms with van der Waals surface area (Å²) in [4.78, 5) is 13.3. The van der Waals surface area contributed by atoms with E-state index >= 15 is 0 Å². The maximum absolute atomic E-state index is 12.8. The predicted octanol–water partition coefficient (Wildman–Crippen LogP) is 2.58. The molecule has 0 fully saturated rings. The monoisotopic (exact) mass is 301 g/mol. The molecule has 0 N–H and O–H groups in total. The van der Waals surface area contributed by atoms with Crippen LogP contribution in [0.2, 0.25) is 0 Å². The number of aldehydes is 1. The van der Waals surface area contributed by atoms with Crippen LogP contribution >= 0.6 is 22.6 Å². The SMILES string of the molecule is O=Cc1cc(C(F)F)nc(F)c1I. The van der Waals surface area contributed by atoms with Crippen LogP contribution in [0.25, 0.3) is 0 Å². The zero-order chi connectivity index (χ0) is 10.0. The molecule has 0 saturated carbocycles. The topological polar surface area (TPSA) is 30.0 Å². The first-order chi connectivity index (χ1) is 6.06. The molecule has 0 unspecified atom stereocenters. The van der Waals surface area contributed by atoms with Gasteiger partial charge in [-0.1, -0.05) is 0 Å². The molecular weight excluding hydrogens is 298 g/mol. The van der Waals surface area contributed by atoms with Gasteiger partial charge in [0.2, 0.25) is 5.95 Å². The summed E-state index contributed by atoms with van der Waals surface area (Å²) < 4.78 is 36.8. The van der Waals surface area contributed by atoms with Crippen LogP contribution < -0.4 is 0 Å². The van der Waals surface area contributed by atoms with Crippen molar-refractivity contribution in [3.63, 3.8) is 0 Å². The van der Waals surface area contributed by atoms with Crippen molar-refractivity contribution >= 4 is 28.9 Å². The molecule has 1 aromatic heterocycles. The van der Waals surface area contributed by atoms with E-state index in [0.29, 0.717) is 6.29 Å². The first-order valence-electron chi connectivity index (χ1n) is 3.15. The summed E-state index contributed by atoms with van der Waals surface area (Å²) >= 11 is 1.53. The van der Waals surface area contributed by atoms with Gasteiger partial charge < -0.3 is 0 Å². The zero-order valence-electron chi connectivity index (χ0n) is 6.10. The third kappa shape index (κ3) is 2.17. The van der Waals surface area contributed by atoms with Crippen molar-refractivity contribution in [2.24, 2.45) is 0 Å².